The van der Waals surface area contributed by atoms with Gasteiger partial charge in [-0.25, -0.2) is 0 Å². The molecular weight excluding hydrogens is 719 g/mol. The molecule has 0 saturated carbocycles. The number of likely N-dealkylation sites (tertiary alicyclic amines) is 3. The smallest absolute Gasteiger partial charge is 0.246 e. The van der Waals surface area contributed by atoms with Crippen molar-refractivity contribution in [2.75, 3.05) is 45.8 Å². The van der Waals surface area contributed by atoms with Crippen molar-refractivity contribution in [1.82, 2.24) is 15.1 Å². The Bertz CT molecular complexity index is 1600. The van der Waals surface area contributed by atoms with E-state index in [-0.39, 0.29) is 37.1 Å². The number of halogens is 3. The molecule has 3 fully saturated rings. The van der Waals surface area contributed by atoms with Crippen molar-refractivity contribution >= 4 is 52.5 Å². The lowest BCUT2D eigenvalue weighted by Gasteiger charge is -2.43. The minimum Gasteiger partial charge on any atom is -0.391 e. The molecular formula is C41H50Cl3N4O4+. The number of carbonyl (C=O) groups excluding carboxylic acids is 3. The SMILES string of the molecule is CC[N+]1(CC)CCC[C@H](CNC(=O)[C@H]2CCCN2C(=O)[C@@H]2C[C@@H](O)CN2C(=O)CC(c2ccc(Cl)cc2)(c2ccc(Cl)cc2)c2ccc(Cl)cc2)C1. The Labute approximate surface area is 322 Å². The van der Waals surface area contributed by atoms with Crippen LogP contribution in [0.1, 0.15) is 69.1 Å². The van der Waals surface area contributed by atoms with Crippen LogP contribution < -0.4 is 5.32 Å². The maximum atomic E-state index is 14.7. The molecule has 4 atom stereocenters. The van der Waals surface area contributed by atoms with E-state index in [0.29, 0.717) is 46.9 Å². The average Bonchev–Trinajstić information content (AvgIpc) is 3.81. The zero-order valence-corrected chi connectivity index (χ0v) is 32.3. The highest BCUT2D eigenvalue weighted by Crippen LogP contribution is 2.44. The number of piperidine rings is 1. The summed E-state index contributed by atoms with van der Waals surface area (Å²) < 4.78 is 1.08. The number of quaternary nitrogens is 1. The van der Waals surface area contributed by atoms with E-state index in [2.05, 4.69) is 19.2 Å². The van der Waals surface area contributed by atoms with Crippen molar-refractivity contribution in [3.8, 4) is 0 Å². The van der Waals surface area contributed by atoms with E-state index in [9.17, 15) is 19.5 Å². The quantitative estimate of drug-likeness (QED) is 0.168. The number of β-amino-alcohol motifs (C(OH)–C–C–N with tert-alkyl or cyclic N) is 1. The second-order valence-corrected chi connectivity index (χ2v) is 16.2. The number of rotatable bonds is 11. The third-order valence-electron chi connectivity index (χ3n) is 11.9. The van der Waals surface area contributed by atoms with Crippen molar-refractivity contribution < 1.29 is 24.0 Å². The van der Waals surface area contributed by atoms with E-state index in [1.54, 1.807) is 41.3 Å². The molecule has 3 heterocycles. The van der Waals surface area contributed by atoms with Crippen LogP contribution in [0.4, 0.5) is 0 Å². The zero-order valence-electron chi connectivity index (χ0n) is 30.1. The Balaban J connectivity index is 1.25. The van der Waals surface area contributed by atoms with Crippen LogP contribution in [0.5, 0.6) is 0 Å². The normalized spacial score (nSPS) is 23.1. The average molecular weight is 769 g/mol. The van der Waals surface area contributed by atoms with Gasteiger partial charge in [0, 0.05) is 53.5 Å². The van der Waals surface area contributed by atoms with E-state index in [0.717, 1.165) is 53.6 Å². The molecule has 0 aliphatic carbocycles. The molecule has 3 aromatic carbocycles. The van der Waals surface area contributed by atoms with Gasteiger partial charge < -0.3 is 24.7 Å². The lowest BCUT2D eigenvalue weighted by molar-refractivity contribution is -0.932. The molecule has 278 valence electrons. The molecule has 0 bridgehead atoms. The third kappa shape index (κ3) is 8.02. The molecule has 11 heteroatoms. The first kappa shape index (κ1) is 38.6. The standard InChI is InChI=1S/C41H49Cl3N4O4/c1-3-48(4-2)22-6-7-28(27-48)25-45-39(51)36-8-5-21-46(36)40(52)37-23-35(49)26-47(37)38(50)24-41(29-9-15-32(42)16-10-29,30-11-17-33(43)18-12-30)31-13-19-34(44)20-14-31/h9-20,28,35-37,49H,3-8,21-27H2,1-2H3/p+1/t28-,35-,36-,37+/m1/s1. The zero-order chi connectivity index (χ0) is 37.0. The van der Waals surface area contributed by atoms with Gasteiger partial charge in [0.2, 0.25) is 17.7 Å². The van der Waals surface area contributed by atoms with Gasteiger partial charge in [0.25, 0.3) is 0 Å². The maximum absolute atomic E-state index is 14.7. The summed E-state index contributed by atoms with van der Waals surface area (Å²) in [5, 5.41) is 15.8. The van der Waals surface area contributed by atoms with Crippen molar-refractivity contribution in [1.29, 1.82) is 0 Å². The van der Waals surface area contributed by atoms with Crippen LogP contribution in [0.2, 0.25) is 15.1 Å². The number of benzene rings is 3. The molecule has 8 nitrogen and oxygen atoms in total. The number of nitrogens with zero attached hydrogens (tertiary/aromatic N) is 3. The first-order valence-electron chi connectivity index (χ1n) is 18.7. The number of amides is 3. The fraction of sp³-hybridized carbons (Fsp3) is 0.488. The Morgan fingerprint density at radius 3 is 1.85 bits per heavy atom. The first-order valence-corrected chi connectivity index (χ1v) is 19.8. The predicted octanol–water partition coefficient (Wildman–Crippen LogP) is 6.71. The Hall–Kier alpha value is -3.14. The second-order valence-electron chi connectivity index (χ2n) is 14.9. The summed E-state index contributed by atoms with van der Waals surface area (Å²) in [6.07, 6.45) is 2.71. The van der Waals surface area contributed by atoms with Gasteiger partial charge in [0.05, 0.1) is 37.7 Å². The first-order chi connectivity index (χ1) is 25.0. The van der Waals surface area contributed by atoms with Crippen molar-refractivity contribution in [3.63, 3.8) is 0 Å². The fourth-order valence-electron chi connectivity index (χ4n) is 8.93. The monoisotopic (exact) mass is 767 g/mol. The lowest BCUT2D eigenvalue weighted by atomic mass is 9.67. The van der Waals surface area contributed by atoms with Gasteiger partial charge in [-0.05, 0) is 92.6 Å². The van der Waals surface area contributed by atoms with Gasteiger partial charge in [-0.3, -0.25) is 14.4 Å². The summed E-state index contributed by atoms with van der Waals surface area (Å²) in [5.74, 6) is -0.307. The van der Waals surface area contributed by atoms with Gasteiger partial charge in [0.1, 0.15) is 12.1 Å². The van der Waals surface area contributed by atoms with Crippen LogP contribution in [0.15, 0.2) is 72.8 Å². The Morgan fingerprint density at radius 1 is 0.788 bits per heavy atom. The Kier molecular flexibility index (Phi) is 12.2. The van der Waals surface area contributed by atoms with Gasteiger partial charge in [-0.15, -0.1) is 0 Å². The van der Waals surface area contributed by atoms with Crippen LogP contribution in [0.3, 0.4) is 0 Å². The fourth-order valence-corrected chi connectivity index (χ4v) is 9.31. The van der Waals surface area contributed by atoms with E-state index in [1.165, 1.54) is 11.4 Å². The number of carbonyl (C=O) groups is 3. The minimum atomic E-state index is -1.01. The Morgan fingerprint density at radius 2 is 1.33 bits per heavy atom. The highest BCUT2D eigenvalue weighted by molar-refractivity contribution is 6.31. The molecule has 0 unspecified atom stereocenters. The lowest BCUT2D eigenvalue weighted by Crippen LogP contribution is -2.56. The molecule has 3 aliphatic heterocycles. The summed E-state index contributed by atoms with van der Waals surface area (Å²) in [6, 6.07) is 20.7. The molecule has 6 rings (SSSR count). The highest BCUT2D eigenvalue weighted by atomic mass is 35.5. The van der Waals surface area contributed by atoms with E-state index in [4.69, 9.17) is 34.8 Å². The summed E-state index contributed by atoms with van der Waals surface area (Å²) in [5.41, 5.74) is 1.45. The molecule has 3 aliphatic rings. The van der Waals surface area contributed by atoms with Gasteiger partial charge in [-0.1, -0.05) is 71.2 Å². The van der Waals surface area contributed by atoms with E-state index < -0.39 is 23.6 Å². The number of aliphatic hydroxyl groups is 1. The maximum Gasteiger partial charge on any atom is 0.246 e. The summed E-state index contributed by atoms with van der Waals surface area (Å²) in [7, 11) is 0. The third-order valence-corrected chi connectivity index (χ3v) is 12.7. The molecule has 3 saturated heterocycles. The molecule has 0 radical (unpaired) electrons. The summed E-state index contributed by atoms with van der Waals surface area (Å²) in [4.78, 5) is 45.9. The minimum absolute atomic E-state index is 0.0222. The van der Waals surface area contributed by atoms with Gasteiger partial charge in [-0.2, -0.15) is 0 Å². The number of hydrogen-bond acceptors (Lipinski definition) is 4. The van der Waals surface area contributed by atoms with Gasteiger partial charge >= 0.3 is 0 Å². The molecule has 2 N–H and O–H groups in total. The largest absolute Gasteiger partial charge is 0.391 e. The van der Waals surface area contributed by atoms with Crippen molar-refractivity contribution in [2.45, 2.75) is 76.0 Å². The van der Waals surface area contributed by atoms with Crippen molar-refractivity contribution in [2.24, 2.45) is 5.92 Å². The molecule has 0 spiro atoms. The second kappa shape index (κ2) is 16.5. The number of nitrogens with one attached hydrogen (secondary N) is 1. The van der Waals surface area contributed by atoms with Crippen LogP contribution in [0, 0.1) is 5.92 Å². The van der Waals surface area contributed by atoms with Gasteiger partial charge in [0.15, 0.2) is 0 Å². The summed E-state index contributed by atoms with van der Waals surface area (Å²) >= 11 is 19.0. The molecule has 3 amide bonds. The summed E-state index contributed by atoms with van der Waals surface area (Å²) in [6.45, 7) is 9.97. The van der Waals surface area contributed by atoms with Crippen LogP contribution >= 0.6 is 34.8 Å². The topological polar surface area (TPSA) is 89.9 Å². The van der Waals surface area contributed by atoms with Crippen LogP contribution in [0.25, 0.3) is 0 Å². The molecule has 3 aromatic rings. The molecule has 0 aromatic heterocycles. The predicted molar refractivity (Wildman–Crippen MR) is 207 cm³/mol. The number of aliphatic hydroxyl groups excluding tert-OH is 1. The highest BCUT2D eigenvalue weighted by Gasteiger charge is 2.47. The van der Waals surface area contributed by atoms with Crippen LogP contribution in [-0.4, -0.2) is 101 Å². The molecule has 52 heavy (non-hydrogen) atoms. The van der Waals surface area contributed by atoms with Crippen LogP contribution in [-0.2, 0) is 19.8 Å². The van der Waals surface area contributed by atoms with E-state index >= 15 is 0 Å². The van der Waals surface area contributed by atoms with Crippen molar-refractivity contribution in [3.05, 3.63) is 105 Å². The van der Waals surface area contributed by atoms with E-state index in [1.807, 2.05) is 36.4 Å². The number of hydrogen-bond donors (Lipinski definition) is 2.